The number of aryl methyl sites for hydroxylation is 1. The summed E-state index contributed by atoms with van der Waals surface area (Å²) in [5.74, 6) is -0.141. The summed E-state index contributed by atoms with van der Waals surface area (Å²) in [4.78, 5) is 7.04. The number of nitrogens with one attached hydrogen (secondary N) is 2. The van der Waals surface area contributed by atoms with E-state index in [2.05, 4.69) is 15.3 Å². The first-order chi connectivity index (χ1) is 8.33. The van der Waals surface area contributed by atoms with Gasteiger partial charge in [-0.15, -0.1) is 0 Å². The Morgan fingerprint density at radius 2 is 2.41 bits per heavy atom. The molecular weight excluding hydrogens is 217 g/mol. The number of benzene rings is 1. The zero-order valence-electron chi connectivity index (χ0n) is 9.41. The number of aromatic nitrogens is 2. The molecule has 1 aromatic heterocycles. The van der Waals surface area contributed by atoms with E-state index in [1.165, 1.54) is 11.6 Å². The molecule has 1 heterocycles. The highest BCUT2D eigenvalue weighted by atomic mass is 19.1. The monoisotopic (exact) mass is 231 g/mol. The van der Waals surface area contributed by atoms with E-state index in [1.807, 2.05) is 12.3 Å². The average molecular weight is 231 g/mol. The Hall–Kier alpha value is -1.68. The summed E-state index contributed by atoms with van der Waals surface area (Å²) in [5, 5.41) is 3.47. The lowest BCUT2D eigenvalue weighted by atomic mass is 10.1. The Balaban J connectivity index is 1.71. The number of nitrogens with zero attached hydrogens (tertiary/aromatic N) is 1. The topological polar surface area (TPSA) is 40.7 Å². The Bertz CT molecular complexity index is 507. The fourth-order valence-electron chi connectivity index (χ4n) is 2.41. The molecule has 2 N–H and O–H groups in total. The lowest BCUT2D eigenvalue weighted by Crippen LogP contribution is -2.18. The molecule has 0 saturated heterocycles. The van der Waals surface area contributed by atoms with Gasteiger partial charge in [-0.1, -0.05) is 6.07 Å². The molecule has 3 rings (SSSR count). The second kappa shape index (κ2) is 4.30. The summed E-state index contributed by atoms with van der Waals surface area (Å²) < 4.78 is 13.1. The van der Waals surface area contributed by atoms with E-state index < -0.39 is 0 Å². The van der Waals surface area contributed by atoms with Crippen LogP contribution in [-0.4, -0.2) is 9.97 Å². The fourth-order valence-corrected chi connectivity index (χ4v) is 2.41. The Labute approximate surface area is 99.1 Å². The summed E-state index contributed by atoms with van der Waals surface area (Å²) >= 11 is 0. The number of H-pyrrole nitrogens is 1. The smallest absolute Gasteiger partial charge is 0.123 e. The summed E-state index contributed by atoms with van der Waals surface area (Å²) in [6.07, 6.45) is 5.48. The van der Waals surface area contributed by atoms with E-state index in [1.54, 1.807) is 12.4 Å². The highest BCUT2D eigenvalue weighted by molar-refractivity contribution is 5.34. The van der Waals surface area contributed by atoms with Gasteiger partial charge in [0.2, 0.25) is 0 Å². The van der Waals surface area contributed by atoms with Crippen LogP contribution in [-0.2, 0) is 13.0 Å². The predicted octanol–water partition coefficient (Wildman–Crippen LogP) is 2.33. The van der Waals surface area contributed by atoms with Crippen molar-refractivity contribution in [2.45, 2.75) is 25.4 Å². The van der Waals surface area contributed by atoms with Crippen LogP contribution in [0.3, 0.4) is 0 Å². The molecule has 0 amide bonds. The third-order valence-corrected chi connectivity index (χ3v) is 3.28. The third-order valence-electron chi connectivity index (χ3n) is 3.28. The maximum atomic E-state index is 13.1. The average Bonchev–Trinajstić information content (AvgIpc) is 2.94. The first kappa shape index (κ1) is 10.5. The van der Waals surface area contributed by atoms with Gasteiger partial charge in [0.15, 0.2) is 0 Å². The number of halogens is 1. The van der Waals surface area contributed by atoms with Crippen LogP contribution in [0.15, 0.2) is 30.7 Å². The number of hydrogen-bond donors (Lipinski definition) is 2. The van der Waals surface area contributed by atoms with Crippen molar-refractivity contribution in [3.05, 3.63) is 53.4 Å². The largest absolute Gasteiger partial charge is 0.347 e. The van der Waals surface area contributed by atoms with E-state index in [-0.39, 0.29) is 5.82 Å². The van der Waals surface area contributed by atoms with Gasteiger partial charge in [0.05, 0.1) is 6.33 Å². The SMILES string of the molecule is Fc1ccc2c(c1)CCC2NCc1cnc[nH]1. The van der Waals surface area contributed by atoms with Crippen molar-refractivity contribution in [2.75, 3.05) is 0 Å². The van der Waals surface area contributed by atoms with Crippen LogP contribution >= 0.6 is 0 Å². The van der Waals surface area contributed by atoms with Crippen LogP contribution in [0, 0.1) is 5.82 Å². The molecule has 1 aliphatic rings. The highest BCUT2D eigenvalue weighted by Gasteiger charge is 2.22. The van der Waals surface area contributed by atoms with E-state index in [4.69, 9.17) is 0 Å². The lowest BCUT2D eigenvalue weighted by Gasteiger charge is -2.13. The molecule has 0 spiro atoms. The second-order valence-corrected chi connectivity index (χ2v) is 4.39. The molecule has 3 nitrogen and oxygen atoms in total. The van der Waals surface area contributed by atoms with Gasteiger partial charge >= 0.3 is 0 Å². The Kier molecular flexibility index (Phi) is 2.65. The van der Waals surface area contributed by atoms with Gasteiger partial charge in [-0.3, -0.25) is 0 Å². The molecule has 1 atom stereocenters. The van der Waals surface area contributed by atoms with Crippen molar-refractivity contribution in [2.24, 2.45) is 0 Å². The van der Waals surface area contributed by atoms with E-state index in [0.717, 1.165) is 30.6 Å². The van der Waals surface area contributed by atoms with Crippen molar-refractivity contribution in [1.29, 1.82) is 0 Å². The minimum absolute atomic E-state index is 0.141. The van der Waals surface area contributed by atoms with Gasteiger partial charge in [-0.2, -0.15) is 0 Å². The summed E-state index contributed by atoms with van der Waals surface area (Å²) in [5.41, 5.74) is 3.43. The van der Waals surface area contributed by atoms with Crippen molar-refractivity contribution in [3.63, 3.8) is 0 Å². The minimum atomic E-state index is -0.141. The number of aromatic amines is 1. The van der Waals surface area contributed by atoms with Gasteiger partial charge in [-0.25, -0.2) is 9.37 Å². The van der Waals surface area contributed by atoms with Crippen LogP contribution < -0.4 is 5.32 Å². The second-order valence-electron chi connectivity index (χ2n) is 4.39. The molecule has 0 fully saturated rings. The molecule has 1 aliphatic carbocycles. The first-order valence-electron chi connectivity index (χ1n) is 5.82. The maximum Gasteiger partial charge on any atom is 0.123 e. The van der Waals surface area contributed by atoms with Gasteiger partial charge < -0.3 is 10.3 Å². The molecular formula is C13H14FN3. The first-order valence-corrected chi connectivity index (χ1v) is 5.82. The summed E-state index contributed by atoms with van der Waals surface area (Å²) in [6, 6.07) is 5.40. The number of imidazole rings is 1. The summed E-state index contributed by atoms with van der Waals surface area (Å²) in [7, 11) is 0. The van der Waals surface area contributed by atoms with Gasteiger partial charge in [-0.05, 0) is 36.1 Å². The predicted molar refractivity (Wildman–Crippen MR) is 62.9 cm³/mol. The van der Waals surface area contributed by atoms with Crippen molar-refractivity contribution in [1.82, 2.24) is 15.3 Å². The molecule has 0 saturated carbocycles. The van der Waals surface area contributed by atoms with E-state index in [9.17, 15) is 4.39 Å². The Morgan fingerprint density at radius 3 is 3.24 bits per heavy atom. The number of fused-ring (bicyclic) bond motifs is 1. The Morgan fingerprint density at radius 1 is 1.47 bits per heavy atom. The van der Waals surface area contributed by atoms with Crippen molar-refractivity contribution < 1.29 is 4.39 Å². The van der Waals surface area contributed by atoms with Gasteiger partial charge in [0.25, 0.3) is 0 Å². The highest BCUT2D eigenvalue weighted by Crippen LogP contribution is 2.31. The lowest BCUT2D eigenvalue weighted by molar-refractivity contribution is 0.526. The minimum Gasteiger partial charge on any atom is -0.347 e. The normalized spacial score (nSPS) is 18.3. The van der Waals surface area contributed by atoms with Gasteiger partial charge in [0, 0.05) is 24.5 Å². The standard InChI is InChI=1S/C13H14FN3/c14-10-2-3-12-9(5-10)1-4-13(12)16-7-11-6-15-8-17-11/h2-3,5-6,8,13,16H,1,4,7H2,(H,15,17). The van der Waals surface area contributed by atoms with E-state index >= 15 is 0 Å². The zero-order valence-corrected chi connectivity index (χ0v) is 9.41. The summed E-state index contributed by atoms with van der Waals surface area (Å²) in [6.45, 7) is 0.765. The third kappa shape index (κ3) is 2.08. The molecule has 2 aromatic rings. The molecule has 17 heavy (non-hydrogen) atoms. The molecule has 1 aromatic carbocycles. The van der Waals surface area contributed by atoms with Crippen LogP contribution in [0.5, 0.6) is 0 Å². The van der Waals surface area contributed by atoms with Crippen LogP contribution in [0.4, 0.5) is 4.39 Å². The van der Waals surface area contributed by atoms with Crippen molar-refractivity contribution in [3.8, 4) is 0 Å². The molecule has 0 bridgehead atoms. The maximum absolute atomic E-state index is 13.1. The van der Waals surface area contributed by atoms with Crippen LogP contribution in [0.2, 0.25) is 0 Å². The van der Waals surface area contributed by atoms with E-state index in [0.29, 0.717) is 6.04 Å². The number of hydrogen-bond acceptors (Lipinski definition) is 2. The molecule has 88 valence electrons. The van der Waals surface area contributed by atoms with Gasteiger partial charge in [0.1, 0.15) is 5.82 Å². The molecule has 1 unspecified atom stereocenters. The number of rotatable bonds is 3. The molecule has 0 aliphatic heterocycles. The fraction of sp³-hybridized carbons (Fsp3) is 0.308. The molecule has 4 heteroatoms. The van der Waals surface area contributed by atoms with Crippen LogP contribution in [0.1, 0.15) is 29.3 Å². The zero-order chi connectivity index (χ0) is 11.7. The van der Waals surface area contributed by atoms with Crippen molar-refractivity contribution >= 4 is 0 Å². The molecule has 0 radical (unpaired) electrons. The quantitative estimate of drug-likeness (QED) is 0.851. The van der Waals surface area contributed by atoms with Crippen LogP contribution in [0.25, 0.3) is 0 Å².